The van der Waals surface area contributed by atoms with Crippen molar-refractivity contribution in [2.45, 2.75) is 17.8 Å². The molecule has 0 spiro atoms. The van der Waals surface area contributed by atoms with E-state index in [2.05, 4.69) is 20.6 Å². The third kappa shape index (κ3) is 4.02. The lowest BCUT2D eigenvalue weighted by Crippen LogP contribution is -2.71. The van der Waals surface area contributed by atoms with Gasteiger partial charge in [-0.05, 0) is 17.0 Å². The van der Waals surface area contributed by atoms with Crippen LogP contribution in [0.4, 0.5) is 5.88 Å². The molecule has 184 valence electrons. The minimum atomic E-state index is -1.21. The molecule has 4 N–H and O–H groups in total. The van der Waals surface area contributed by atoms with Crippen molar-refractivity contribution in [1.29, 1.82) is 0 Å². The summed E-state index contributed by atoms with van der Waals surface area (Å²) >= 11 is 1.36. The third-order valence-corrected chi connectivity index (χ3v) is 7.18. The largest absolute Gasteiger partial charge is 0.477 e. The second-order valence-electron chi connectivity index (χ2n) is 8.01. The van der Waals surface area contributed by atoms with Crippen LogP contribution in [0.25, 0.3) is 10.8 Å². The molecule has 0 bridgehead atoms. The molecule has 1 aromatic carbocycles. The van der Waals surface area contributed by atoms with Gasteiger partial charge in [-0.1, -0.05) is 34.6 Å². The smallest absolute Gasteiger partial charge is 0.352 e. The molecule has 2 amide bonds. The van der Waals surface area contributed by atoms with Gasteiger partial charge in [-0.25, -0.2) is 4.79 Å². The fourth-order valence-electron chi connectivity index (χ4n) is 4.25. The molecule has 1 unspecified atom stereocenters. The number of pyridine rings is 1. The van der Waals surface area contributed by atoms with Crippen molar-refractivity contribution in [3.05, 3.63) is 65.3 Å². The van der Waals surface area contributed by atoms with Crippen molar-refractivity contribution < 1.29 is 28.9 Å². The Hall–Kier alpha value is -4.39. The van der Waals surface area contributed by atoms with Crippen molar-refractivity contribution in [2.24, 2.45) is 5.16 Å². The normalized spacial score (nSPS) is 19.6. The molecule has 2 aliphatic rings. The number of carbonyl (C=O) groups is 3. The van der Waals surface area contributed by atoms with Gasteiger partial charge >= 0.3 is 5.97 Å². The van der Waals surface area contributed by atoms with Crippen molar-refractivity contribution in [2.75, 3.05) is 18.6 Å². The lowest BCUT2D eigenvalue weighted by atomic mass is 9.98. The number of carboxylic acids is 1. The van der Waals surface area contributed by atoms with E-state index in [1.165, 1.54) is 29.8 Å². The van der Waals surface area contributed by atoms with Gasteiger partial charge in [0.15, 0.2) is 5.71 Å². The Morgan fingerprint density at radius 1 is 1.36 bits per heavy atom. The van der Waals surface area contributed by atoms with Crippen LogP contribution >= 0.6 is 11.8 Å². The molecule has 2 atom stereocenters. The van der Waals surface area contributed by atoms with Crippen LogP contribution in [0.1, 0.15) is 11.4 Å². The lowest BCUT2D eigenvalue weighted by Gasteiger charge is -2.49. The Morgan fingerprint density at radius 2 is 2.17 bits per heavy atom. The maximum Gasteiger partial charge on any atom is 0.352 e. The molecule has 4 heterocycles. The number of oxime groups is 1. The first-order valence-corrected chi connectivity index (χ1v) is 11.8. The quantitative estimate of drug-likeness (QED) is 0.238. The van der Waals surface area contributed by atoms with Crippen LogP contribution in [0.5, 0.6) is 0 Å². The molecule has 13 heteroatoms. The summed E-state index contributed by atoms with van der Waals surface area (Å²) < 4.78 is 4.78. The number of aliphatic carboxylic acids is 1. The highest BCUT2D eigenvalue weighted by Crippen LogP contribution is 2.41. The molecule has 0 saturated carbocycles. The summed E-state index contributed by atoms with van der Waals surface area (Å²) in [6.07, 6.45) is 1.96. The van der Waals surface area contributed by atoms with E-state index in [-0.39, 0.29) is 29.4 Å². The van der Waals surface area contributed by atoms with Gasteiger partial charge in [0.2, 0.25) is 5.88 Å². The highest BCUT2D eigenvalue weighted by molar-refractivity contribution is 8.00. The van der Waals surface area contributed by atoms with Crippen molar-refractivity contribution in [3.63, 3.8) is 0 Å². The first-order chi connectivity index (χ1) is 17.4. The summed E-state index contributed by atoms with van der Waals surface area (Å²) in [4.78, 5) is 48.5. The second-order valence-corrected chi connectivity index (χ2v) is 9.12. The Bertz CT molecular complexity index is 1440. The maximum atomic E-state index is 13.0. The summed E-state index contributed by atoms with van der Waals surface area (Å²) in [6, 6.07) is 9.92. The maximum absolute atomic E-state index is 13.0. The summed E-state index contributed by atoms with van der Waals surface area (Å²) in [6.45, 7) is 0. The zero-order valence-corrected chi connectivity index (χ0v) is 19.7. The molecule has 1 saturated heterocycles. The highest BCUT2D eigenvalue weighted by atomic mass is 32.2. The minimum Gasteiger partial charge on any atom is -0.477 e. The number of amides is 2. The number of anilines is 1. The summed E-state index contributed by atoms with van der Waals surface area (Å²) in [5, 5.41) is 21.2. The van der Waals surface area contributed by atoms with Gasteiger partial charge in [0, 0.05) is 29.8 Å². The van der Waals surface area contributed by atoms with Crippen LogP contribution < -0.4 is 11.1 Å². The number of nitrogens with one attached hydrogen (secondary N) is 1. The standard InChI is InChI=1S/C23H20N6O6S/c1-34-28-17(15-9-16(24)35-27-15)20(30)26-18-21(31)29-19(23(32)33)12(10-36-22(18)29)8-14-13-5-3-2-4-11(13)6-7-25-14/h2-7,9,18,22H,8,10,24H2,1H3,(H,26,30)(H,32,33)/t18?,22-/m0/s1. The molecule has 3 aromatic rings. The van der Waals surface area contributed by atoms with Crippen molar-refractivity contribution >= 4 is 51.9 Å². The number of rotatable bonds is 7. The zero-order chi connectivity index (χ0) is 25.4. The number of thioether (sulfide) groups is 1. The van der Waals surface area contributed by atoms with Gasteiger partial charge in [-0.3, -0.25) is 19.5 Å². The highest BCUT2D eigenvalue weighted by Gasteiger charge is 2.54. The van der Waals surface area contributed by atoms with Gasteiger partial charge in [0.05, 0.1) is 5.69 Å². The van der Waals surface area contributed by atoms with Crippen LogP contribution in [0, 0.1) is 0 Å². The lowest BCUT2D eigenvalue weighted by molar-refractivity contribution is -0.150. The molecule has 0 radical (unpaired) electrons. The zero-order valence-electron chi connectivity index (χ0n) is 18.9. The predicted octanol–water partition coefficient (Wildman–Crippen LogP) is 1.14. The van der Waals surface area contributed by atoms with Crippen LogP contribution in [-0.4, -0.2) is 67.9 Å². The van der Waals surface area contributed by atoms with E-state index in [1.807, 2.05) is 30.3 Å². The molecule has 36 heavy (non-hydrogen) atoms. The van der Waals surface area contributed by atoms with Crippen LogP contribution in [0.3, 0.4) is 0 Å². The Labute approximate surface area is 208 Å². The van der Waals surface area contributed by atoms with E-state index in [4.69, 9.17) is 15.1 Å². The van der Waals surface area contributed by atoms with E-state index in [0.717, 1.165) is 16.5 Å². The van der Waals surface area contributed by atoms with E-state index in [1.54, 1.807) is 6.20 Å². The molecular weight excluding hydrogens is 488 g/mol. The fraction of sp³-hybridized carbons (Fsp3) is 0.217. The molecular formula is C23H20N6O6S. The number of hydrogen-bond donors (Lipinski definition) is 3. The van der Waals surface area contributed by atoms with Crippen LogP contribution in [-0.2, 0) is 25.6 Å². The second kappa shape index (κ2) is 9.34. The van der Waals surface area contributed by atoms with E-state index >= 15 is 0 Å². The molecule has 5 rings (SSSR count). The monoisotopic (exact) mass is 508 g/mol. The first-order valence-electron chi connectivity index (χ1n) is 10.8. The third-order valence-electron chi connectivity index (χ3n) is 5.84. The molecule has 2 aliphatic heterocycles. The van der Waals surface area contributed by atoms with Gasteiger partial charge < -0.3 is 25.5 Å². The number of nitrogens with two attached hydrogens (primary N) is 1. The van der Waals surface area contributed by atoms with Crippen molar-refractivity contribution in [1.82, 2.24) is 20.4 Å². The van der Waals surface area contributed by atoms with E-state index in [0.29, 0.717) is 11.3 Å². The van der Waals surface area contributed by atoms with Gasteiger partial charge in [0.25, 0.3) is 11.8 Å². The average molecular weight is 509 g/mol. The fourth-order valence-corrected chi connectivity index (χ4v) is 5.60. The predicted molar refractivity (Wildman–Crippen MR) is 130 cm³/mol. The number of hydrogen-bond acceptors (Lipinski definition) is 10. The van der Waals surface area contributed by atoms with Gasteiger partial charge in [0.1, 0.15) is 29.9 Å². The molecule has 0 aliphatic carbocycles. The number of carbonyl (C=O) groups excluding carboxylic acids is 2. The average Bonchev–Trinajstić information content (AvgIpc) is 3.31. The number of nitrogens with zero attached hydrogens (tertiary/aromatic N) is 4. The number of benzene rings is 1. The molecule has 2 aromatic heterocycles. The SMILES string of the molecule is CON=C(C(=O)NC1C(=O)N2C(C(=O)O)=C(Cc3nccc4ccccc34)CS[C@@H]12)c1cc(N)on1. The summed E-state index contributed by atoms with van der Waals surface area (Å²) in [5.41, 5.74) is 6.53. The number of nitrogen functional groups attached to an aromatic ring is 1. The summed E-state index contributed by atoms with van der Waals surface area (Å²) in [7, 11) is 1.25. The van der Waals surface area contributed by atoms with Gasteiger partial charge in [-0.15, -0.1) is 11.8 Å². The number of aromatic nitrogens is 2. The van der Waals surface area contributed by atoms with Gasteiger partial charge in [-0.2, -0.15) is 0 Å². The Kier molecular flexibility index (Phi) is 6.06. The van der Waals surface area contributed by atoms with Crippen molar-refractivity contribution in [3.8, 4) is 0 Å². The number of carboxylic acid groups (broad SMARTS) is 1. The minimum absolute atomic E-state index is 0.0280. The number of β-lactam (4-membered cyclic amide) rings is 1. The topological polar surface area (TPSA) is 173 Å². The number of fused-ring (bicyclic) bond motifs is 2. The first kappa shape index (κ1) is 23.4. The molecule has 1 fully saturated rings. The Balaban J connectivity index is 1.38. The van der Waals surface area contributed by atoms with E-state index < -0.39 is 29.2 Å². The summed E-state index contributed by atoms with van der Waals surface area (Å²) in [5.74, 6) is -2.17. The van der Waals surface area contributed by atoms with Crippen LogP contribution in [0.2, 0.25) is 0 Å². The van der Waals surface area contributed by atoms with Crippen LogP contribution in [0.15, 0.2) is 63.5 Å². The van der Waals surface area contributed by atoms with E-state index in [9.17, 15) is 19.5 Å². The molecule has 12 nitrogen and oxygen atoms in total. The Morgan fingerprint density at radius 3 is 2.89 bits per heavy atom.